The molecule has 6 heteroatoms. The summed E-state index contributed by atoms with van der Waals surface area (Å²) in [6.07, 6.45) is 1.52. The van der Waals surface area contributed by atoms with E-state index in [1.165, 1.54) is 7.11 Å². The van der Waals surface area contributed by atoms with Gasteiger partial charge >= 0.3 is 0 Å². The number of ether oxygens (including phenoxy) is 3. The minimum atomic E-state index is -0.402. The molecular weight excluding hydrogens is 320 g/mol. The van der Waals surface area contributed by atoms with Crippen LogP contribution in [0.2, 0.25) is 0 Å². The van der Waals surface area contributed by atoms with Crippen molar-refractivity contribution in [2.24, 2.45) is 0 Å². The molecule has 1 spiro atoms. The van der Waals surface area contributed by atoms with Gasteiger partial charge in [-0.15, -0.1) is 0 Å². The number of nitrogens with zero attached hydrogens (tertiary/aromatic N) is 2. The second-order valence-corrected chi connectivity index (χ2v) is 6.32. The molecule has 0 N–H and O–H groups in total. The first kappa shape index (κ1) is 15.9. The zero-order chi connectivity index (χ0) is 17.3. The average molecular weight is 340 g/mol. The summed E-state index contributed by atoms with van der Waals surface area (Å²) < 4.78 is 16.9. The summed E-state index contributed by atoms with van der Waals surface area (Å²) in [6.45, 7) is 1.77. The van der Waals surface area contributed by atoms with Crippen LogP contribution < -0.4 is 14.4 Å². The zero-order valence-electron chi connectivity index (χ0n) is 14.1. The number of carbonyl (C=O) groups excluding carboxylic acids is 1. The van der Waals surface area contributed by atoms with Crippen molar-refractivity contribution in [2.45, 2.75) is 18.4 Å². The molecule has 1 saturated heterocycles. The SMILES string of the molecule is COc1cccc(C(=O)N2CC3(CCOCC3)Oc3ccccc32)n1. The predicted octanol–water partition coefficient (Wildman–Crippen LogP) is 2.68. The molecule has 0 atom stereocenters. The predicted molar refractivity (Wildman–Crippen MR) is 92.3 cm³/mol. The number of benzene rings is 1. The van der Waals surface area contributed by atoms with Crippen molar-refractivity contribution in [2.75, 3.05) is 31.8 Å². The van der Waals surface area contributed by atoms with Crippen LogP contribution in [0.25, 0.3) is 0 Å². The highest BCUT2D eigenvalue weighted by molar-refractivity contribution is 6.06. The maximum atomic E-state index is 13.2. The van der Waals surface area contributed by atoms with Crippen molar-refractivity contribution in [1.29, 1.82) is 0 Å². The Bertz CT molecular complexity index is 786. The first-order valence-electron chi connectivity index (χ1n) is 8.39. The van der Waals surface area contributed by atoms with Gasteiger partial charge in [0.05, 0.1) is 32.6 Å². The fourth-order valence-electron chi connectivity index (χ4n) is 3.38. The lowest BCUT2D eigenvalue weighted by Gasteiger charge is -2.45. The maximum Gasteiger partial charge on any atom is 0.277 e. The first-order valence-corrected chi connectivity index (χ1v) is 8.39. The summed E-state index contributed by atoms with van der Waals surface area (Å²) in [7, 11) is 1.54. The fraction of sp³-hybridized carbons (Fsp3) is 0.368. The molecule has 0 aliphatic carbocycles. The Labute approximate surface area is 146 Å². The number of aromatic nitrogens is 1. The summed E-state index contributed by atoms with van der Waals surface area (Å²) in [5.74, 6) is 1.00. The van der Waals surface area contributed by atoms with Crippen LogP contribution in [0.4, 0.5) is 5.69 Å². The molecule has 1 fully saturated rings. The molecule has 0 bridgehead atoms. The molecule has 0 radical (unpaired) electrons. The number of rotatable bonds is 2. The summed E-state index contributed by atoms with van der Waals surface area (Å²) in [5, 5.41) is 0. The third-order valence-electron chi connectivity index (χ3n) is 4.73. The standard InChI is InChI=1S/C19H20N2O4/c1-23-17-8-4-5-14(20-17)18(22)21-13-19(9-11-24-12-10-19)25-16-7-3-2-6-15(16)21/h2-8H,9-13H2,1H3. The van der Waals surface area contributed by atoms with Crippen LogP contribution in [-0.4, -0.2) is 43.4 Å². The third kappa shape index (κ3) is 2.93. The van der Waals surface area contributed by atoms with E-state index in [1.54, 1.807) is 23.1 Å². The molecule has 4 rings (SSSR count). The summed E-state index contributed by atoms with van der Waals surface area (Å²) in [6, 6.07) is 12.8. The molecule has 2 aromatic rings. The van der Waals surface area contributed by atoms with Gasteiger partial charge in [0, 0.05) is 18.9 Å². The number of amides is 1. The molecule has 0 saturated carbocycles. The lowest BCUT2D eigenvalue weighted by molar-refractivity contribution is -0.0448. The van der Waals surface area contributed by atoms with Gasteiger partial charge in [-0.2, -0.15) is 0 Å². The van der Waals surface area contributed by atoms with Crippen molar-refractivity contribution in [3.05, 3.63) is 48.2 Å². The normalized spacial score (nSPS) is 18.4. The second-order valence-electron chi connectivity index (χ2n) is 6.32. The molecule has 3 heterocycles. The van der Waals surface area contributed by atoms with Crippen molar-refractivity contribution in [3.8, 4) is 11.6 Å². The number of methoxy groups -OCH3 is 1. The highest BCUT2D eigenvalue weighted by atomic mass is 16.5. The van der Waals surface area contributed by atoms with Gasteiger partial charge in [-0.25, -0.2) is 4.98 Å². The van der Waals surface area contributed by atoms with E-state index in [4.69, 9.17) is 14.2 Å². The van der Waals surface area contributed by atoms with Crippen molar-refractivity contribution < 1.29 is 19.0 Å². The van der Waals surface area contributed by atoms with Gasteiger partial charge in [0.15, 0.2) is 0 Å². The Kier molecular flexibility index (Phi) is 4.05. The number of para-hydroxylation sites is 2. The van der Waals surface area contributed by atoms with Crippen LogP contribution in [0.15, 0.2) is 42.5 Å². The minimum Gasteiger partial charge on any atom is -0.483 e. The Hall–Kier alpha value is -2.60. The van der Waals surface area contributed by atoms with E-state index >= 15 is 0 Å². The molecule has 130 valence electrons. The molecule has 1 aromatic heterocycles. The largest absolute Gasteiger partial charge is 0.483 e. The van der Waals surface area contributed by atoms with Gasteiger partial charge in [0.2, 0.25) is 5.88 Å². The molecule has 1 aromatic carbocycles. The quantitative estimate of drug-likeness (QED) is 0.841. The van der Waals surface area contributed by atoms with Gasteiger partial charge in [0.1, 0.15) is 17.0 Å². The second kappa shape index (κ2) is 6.37. The number of anilines is 1. The highest BCUT2D eigenvalue weighted by Crippen LogP contribution is 2.41. The Morgan fingerprint density at radius 2 is 1.96 bits per heavy atom. The van der Waals surface area contributed by atoms with Crippen LogP contribution in [0.3, 0.4) is 0 Å². The summed E-state index contributed by atoms with van der Waals surface area (Å²) in [4.78, 5) is 19.2. The van der Waals surface area contributed by atoms with Crippen LogP contribution in [0, 0.1) is 0 Å². The smallest absolute Gasteiger partial charge is 0.277 e. The average Bonchev–Trinajstić information content (AvgIpc) is 2.67. The van der Waals surface area contributed by atoms with Crippen molar-refractivity contribution in [1.82, 2.24) is 4.98 Å². The Morgan fingerprint density at radius 1 is 1.16 bits per heavy atom. The summed E-state index contributed by atoms with van der Waals surface area (Å²) >= 11 is 0. The van der Waals surface area contributed by atoms with Gasteiger partial charge in [-0.05, 0) is 18.2 Å². The molecule has 0 unspecified atom stereocenters. The maximum absolute atomic E-state index is 13.2. The number of hydrogen-bond donors (Lipinski definition) is 0. The van der Waals surface area contributed by atoms with Crippen molar-refractivity contribution in [3.63, 3.8) is 0 Å². The van der Waals surface area contributed by atoms with E-state index in [0.29, 0.717) is 31.3 Å². The number of carbonyl (C=O) groups is 1. The van der Waals surface area contributed by atoms with Crippen LogP contribution >= 0.6 is 0 Å². The van der Waals surface area contributed by atoms with E-state index in [1.807, 2.05) is 24.3 Å². The number of pyridine rings is 1. The third-order valence-corrected chi connectivity index (χ3v) is 4.73. The zero-order valence-corrected chi connectivity index (χ0v) is 14.1. The van der Waals surface area contributed by atoms with Crippen molar-refractivity contribution >= 4 is 11.6 Å². The van der Waals surface area contributed by atoms with Gasteiger partial charge in [-0.3, -0.25) is 9.69 Å². The molecule has 2 aliphatic rings. The van der Waals surface area contributed by atoms with Gasteiger partial charge in [-0.1, -0.05) is 18.2 Å². The van der Waals surface area contributed by atoms with E-state index in [-0.39, 0.29) is 5.91 Å². The number of hydrogen-bond acceptors (Lipinski definition) is 5. The van der Waals surface area contributed by atoms with E-state index in [0.717, 1.165) is 24.3 Å². The lowest BCUT2D eigenvalue weighted by Crippen LogP contribution is -2.55. The van der Waals surface area contributed by atoms with E-state index < -0.39 is 5.60 Å². The fourth-order valence-corrected chi connectivity index (χ4v) is 3.38. The molecule has 2 aliphatic heterocycles. The number of fused-ring (bicyclic) bond motifs is 1. The molecular formula is C19H20N2O4. The monoisotopic (exact) mass is 340 g/mol. The van der Waals surface area contributed by atoms with Crippen LogP contribution in [0.5, 0.6) is 11.6 Å². The topological polar surface area (TPSA) is 60.9 Å². The summed E-state index contributed by atoms with van der Waals surface area (Å²) in [5.41, 5.74) is 0.730. The van der Waals surface area contributed by atoms with E-state index in [9.17, 15) is 4.79 Å². The van der Waals surface area contributed by atoms with E-state index in [2.05, 4.69) is 4.98 Å². The first-order chi connectivity index (χ1) is 12.2. The van der Waals surface area contributed by atoms with Crippen LogP contribution in [-0.2, 0) is 4.74 Å². The minimum absolute atomic E-state index is 0.152. The molecule has 25 heavy (non-hydrogen) atoms. The molecule has 6 nitrogen and oxygen atoms in total. The van der Waals surface area contributed by atoms with Gasteiger partial charge in [0.25, 0.3) is 5.91 Å². The Morgan fingerprint density at radius 3 is 2.76 bits per heavy atom. The van der Waals surface area contributed by atoms with Gasteiger partial charge < -0.3 is 14.2 Å². The lowest BCUT2D eigenvalue weighted by atomic mass is 9.91. The highest BCUT2D eigenvalue weighted by Gasteiger charge is 2.43. The van der Waals surface area contributed by atoms with Crippen LogP contribution in [0.1, 0.15) is 23.3 Å². The Balaban J connectivity index is 1.72. The molecule has 1 amide bonds.